The van der Waals surface area contributed by atoms with Crippen molar-refractivity contribution in [2.75, 3.05) is 0 Å². The Morgan fingerprint density at radius 3 is 2.88 bits per heavy atom. The van der Waals surface area contributed by atoms with E-state index in [-0.39, 0.29) is 17.0 Å². The van der Waals surface area contributed by atoms with Crippen LogP contribution >= 0.6 is 11.8 Å². The second-order valence-corrected chi connectivity index (χ2v) is 7.63. The molecule has 0 aromatic carbocycles. The fraction of sp³-hybridized carbons (Fsp3) is 0.474. The summed E-state index contributed by atoms with van der Waals surface area (Å²) in [6.07, 6.45) is 12.3. The molecule has 0 aromatic rings. The highest BCUT2D eigenvalue weighted by Crippen LogP contribution is 2.27. The summed E-state index contributed by atoms with van der Waals surface area (Å²) in [6.45, 7) is 2.07. The lowest BCUT2D eigenvalue weighted by atomic mass is 9.98. The normalized spacial score (nSPS) is 23.9. The van der Waals surface area contributed by atoms with Crippen molar-refractivity contribution in [3.8, 4) is 0 Å². The summed E-state index contributed by atoms with van der Waals surface area (Å²) in [5.74, 6) is -0.432. The van der Waals surface area contributed by atoms with Crippen molar-refractivity contribution in [2.24, 2.45) is 0 Å². The quantitative estimate of drug-likeness (QED) is 0.413. The molecule has 132 valence electrons. The van der Waals surface area contributed by atoms with E-state index in [1.165, 1.54) is 17.8 Å². The zero-order valence-corrected chi connectivity index (χ0v) is 15.2. The van der Waals surface area contributed by atoms with Gasteiger partial charge in [0.15, 0.2) is 0 Å². The molecule has 1 aliphatic carbocycles. The minimum atomic E-state index is -0.347. The lowest BCUT2D eigenvalue weighted by Crippen LogP contribution is -2.20. The number of halogens is 1. The van der Waals surface area contributed by atoms with Gasteiger partial charge in [-0.2, -0.15) is 0 Å². The number of carbonyl (C=O) groups is 1. The Hall–Kier alpha value is -1.91. The fourth-order valence-corrected chi connectivity index (χ4v) is 4.17. The number of unbranched alkanes of at least 4 members (excludes halogenated alkanes) is 1. The van der Waals surface area contributed by atoms with Crippen molar-refractivity contribution in [2.45, 2.75) is 57.1 Å². The number of carbonyl (C=O) groups excluding carboxylic acids is 1. The molecule has 0 N–H and O–H groups in total. The van der Waals surface area contributed by atoms with Gasteiger partial charge in [0.2, 0.25) is 0 Å². The first-order chi connectivity index (χ1) is 12.1. The van der Waals surface area contributed by atoms with Crippen LogP contribution in [0.4, 0.5) is 4.39 Å². The van der Waals surface area contributed by atoms with Crippen LogP contribution in [0.25, 0.3) is 0 Å². The van der Waals surface area contributed by atoms with Crippen molar-refractivity contribution < 1.29 is 13.9 Å². The molecule has 0 bridgehead atoms. The summed E-state index contributed by atoms with van der Waals surface area (Å²) in [6, 6.07) is 0. The molecule has 4 nitrogen and oxygen atoms in total. The Bertz CT molecular complexity index is 770. The summed E-state index contributed by atoms with van der Waals surface area (Å²) in [7, 11) is 0. The Balaban J connectivity index is 1.70. The van der Waals surface area contributed by atoms with Gasteiger partial charge in [-0.1, -0.05) is 24.4 Å². The lowest BCUT2D eigenvalue weighted by molar-refractivity contribution is -0.375. The molecule has 3 rings (SSSR count). The van der Waals surface area contributed by atoms with Gasteiger partial charge >= 0.3 is 17.3 Å². The van der Waals surface area contributed by atoms with Crippen LogP contribution in [0.2, 0.25) is 0 Å². The number of allylic oxidation sites excluding steroid dienone is 5. The van der Waals surface area contributed by atoms with Gasteiger partial charge in [0.05, 0.1) is 12.8 Å². The largest absolute Gasteiger partial charge is 0.615 e. The molecule has 6 heteroatoms. The third-order valence-corrected chi connectivity index (χ3v) is 5.81. The smallest absolute Gasteiger partial charge is 0.412 e. The minimum Gasteiger partial charge on any atom is -0.615 e. The van der Waals surface area contributed by atoms with E-state index in [0.717, 1.165) is 49.1 Å². The monoisotopic (exact) mass is 361 g/mol. The Kier molecular flexibility index (Phi) is 5.71. The van der Waals surface area contributed by atoms with E-state index >= 15 is 0 Å². The van der Waals surface area contributed by atoms with Gasteiger partial charge < -0.3 is 5.21 Å². The van der Waals surface area contributed by atoms with Crippen molar-refractivity contribution in [1.82, 2.24) is 4.67 Å². The highest BCUT2D eigenvalue weighted by molar-refractivity contribution is 8.15. The number of thioether (sulfide) groups is 1. The number of hydroxylamine groups is 1. The third kappa shape index (κ3) is 4.20. The van der Waals surface area contributed by atoms with E-state index in [4.69, 9.17) is 0 Å². The van der Waals surface area contributed by atoms with Crippen molar-refractivity contribution in [3.05, 3.63) is 40.9 Å². The molecule has 2 heterocycles. The first-order valence-electron chi connectivity index (χ1n) is 8.80. The van der Waals surface area contributed by atoms with Crippen molar-refractivity contribution in [1.29, 1.82) is 0 Å². The summed E-state index contributed by atoms with van der Waals surface area (Å²) in [4.78, 5) is 12.0. The molecular weight excluding hydrogens is 339 g/mol. The number of hydrogen-bond donors (Lipinski definition) is 0. The maximum atomic E-state index is 13.1. The lowest BCUT2D eigenvalue weighted by Gasteiger charge is -2.03. The van der Waals surface area contributed by atoms with E-state index in [0.29, 0.717) is 22.6 Å². The number of amides is 1. The molecule has 3 aliphatic rings. The molecule has 0 fully saturated rings. The van der Waals surface area contributed by atoms with Crippen LogP contribution in [0, 0.1) is 5.21 Å². The van der Waals surface area contributed by atoms with Crippen molar-refractivity contribution >= 4 is 34.1 Å². The highest BCUT2D eigenvalue weighted by Gasteiger charge is 2.38. The van der Waals surface area contributed by atoms with Crippen LogP contribution in [0.1, 0.15) is 51.9 Å². The van der Waals surface area contributed by atoms with E-state index in [9.17, 15) is 14.4 Å². The Morgan fingerprint density at radius 1 is 1.32 bits per heavy atom. The summed E-state index contributed by atoms with van der Waals surface area (Å²) in [5.41, 5.74) is 2.99. The van der Waals surface area contributed by atoms with Crippen LogP contribution in [0.5, 0.6) is 0 Å². The summed E-state index contributed by atoms with van der Waals surface area (Å²) in [5, 5.41) is 12.2. The first kappa shape index (κ1) is 17.9. The van der Waals surface area contributed by atoms with E-state index < -0.39 is 0 Å². The molecule has 0 saturated carbocycles. The fourth-order valence-electron chi connectivity index (χ4n) is 3.07. The standard InChI is InChI=1S/C19H22FN2O2S/c1-2-3-4-17-19(23)22(24)18(25-17)12-10-15-9-11-16(21-15)13-5-7-14(20)8-6-13/h5,7,10,12,17H,2-4,6,8-9,11H2,1H3/q+1/b12-10-. The molecule has 25 heavy (non-hydrogen) atoms. The molecule has 1 amide bonds. The van der Waals surface area contributed by atoms with Gasteiger partial charge in [0.1, 0.15) is 11.1 Å². The van der Waals surface area contributed by atoms with Gasteiger partial charge in [0, 0.05) is 24.1 Å². The zero-order valence-electron chi connectivity index (χ0n) is 14.3. The van der Waals surface area contributed by atoms with Gasteiger partial charge in [-0.25, -0.2) is 9.18 Å². The second kappa shape index (κ2) is 7.98. The SMILES string of the molecule is CCCCC1SC(/C=C\C2=[N+]=C(C3=CC=C(F)CC3)CC2)=[N+]([O-])C1=O. The Morgan fingerprint density at radius 2 is 2.16 bits per heavy atom. The first-order valence-corrected chi connectivity index (χ1v) is 9.68. The predicted octanol–water partition coefficient (Wildman–Crippen LogP) is 3.60. The van der Waals surface area contributed by atoms with E-state index in [2.05, 4.69) is 11.6 Å². The van der Waals surface area contributed by atoms with Gasteiger partial charge in [0.25, 0.3) is 5.04 Å². The number of rotatable bonds is 6. The van der Waals surface area contributed by atoms with E-state index in [1.807, 2.05) is 12.2 Å². The molecule has 2 aliphatic heterocycles. The molecule has 0 spiro atoms. The summed E-state index contributed by atoms with van der Waals surface area (Å²) >= 11 is 1.35. The minimum absolute atomic E-state index is 0.0843. The van der Waals surface area contributed by atoms with Gasteiger partial charge in [-0.3, -0.25) is 0 Å². The van der Waals surface area contributed by atoms with Gasteiger partial charge in [-0.05, 0) is 36.8 Å². The molecular formula is C19H22FN2O2S+. The van der Waals surface area contributed by atoms with Crippen LogP contribution in [0.3, 0.4) is 0 Å². The number of hydrogen-bond acceptors (Lipinski definition) is 3. The average molecular weight is 361 g/mol. The molecule has 1 unspecified atom stereocenters. The maximum Gasteiger partial charge on any atom is 0.412 e. The highest BCUT2D eigenvalue weighted by atomic mass is 32.2. The van der Waals surface area contributed by atoms with E-state index in [1.54, 1.807) is 6.08 Å². The van der Waals surface area contributed by atoms with Crippen LogP contribution in [-0.4, -0.2) is 32.4 Å². The van der Waals surface area contributed by atoms with Crippen molar-refractivity contribution in [3.63, 3.8) is 0 Å². The average Bonchev–Trinajstić information content (AvgIpc) is 3.19. The van der Waals surface area contributed by atoms with Gasteiger partial charge in [-0.15, -0.1) is 4.74 Å². The molecule has 1 atom stereocenters. The maximum absolute atomic E-state index is 13.1. The molecule has 0 aromatic heterocycles. The zero-order chi connectivity index (χ0) is 17.8. The third-order valence-electron chi connectivity index (χ3n) is 4.54. The molecule has 0 saturated heterocycles. The Labute approximate surface area is 151 Å². The second-order valence-electron chi connectivity index (χ2n) is 6.41. The van der Waals surface area contributed by atoms with Crippen LogP contribution in [0.15, 0.2) is 35.7 Å². The van der Waals surface area contributed by atoms with Crippen LogP contribution < -0.4 is 4.67 Å². The summed E-state index contributed by atoms with van der Waals surface area (Å²) < 4.78 is 18.2. The predicted molar refractivity (Wildman–Crippen MR) is 102 cm³/mol. The molecule has 0 radical (unpaired) electrons. The number of nitrogens with zero attached hydrogens (tertiary/aromatic N) is 2. The topological polar surface area (TPSA) is 57.2 Å². The van der Waals surface area contributed by atoms with Crippen LogP contribution in [-0.2, 0) is 4.79 Å².